The molecule has 2 rings (SSSR count). The van der Waals surface area contributed by atoms with Gasteiger partial charge in [0.15, 0.2) is 0 Å². The van der Waals surface area contributed by atoms with E-state index in [2.05, 4.69) is 46.1 Å². The van der Waals surface area contributed by atoms with Crippen LogP contribution in [0.5, 0.6) is 0 Å². The molecule has 1 atom stereocenters. The van der Waals surface area contributed by atoms with Crippen molar-refractivity contribution in [1.82, 2.24) is 0 Å². The molecule has 0 fully saturated rings. The minimum atomic E-state index is 0.598. The predicted octanol–water partition coefficient (Wildman–Crippen LogP) is 2.55. The zero-order valence-electron chi connectivity index (χ0n) is 9.04. The Labute approximate surface area is 99.6 Å². The van der Waals surface area contributed by atoms with Gasteiger partial charge < -0.3 is 10.6 Å². The van der Waals surface area contributed by atoms with Crippen molar-refractivity contribution < 1.29 is 0 Å². The van der Waals surface area contributed by atoms with Crippen LogP contribution >= 0.6 is 15.9 Å². The van der Waals surface area contributed by atoms with Gasteiger partial charge in [-0.1, -0.05) is 12.1 Å². The second-order valence-electron chi connectivity index (χ2n) is 4.13. The van der Waals surface area contributed by atoms with Crippen LogP contribution in [0.2, 0.25) is 0 Å². The van der Waals surface area contributed by atoms with Crippen molar-refractivity contribution in [3.63, 3.8) is 0 Å². The molecule has 1 aromatic carbocycles. The number of nitrogens with two attached hydrogens (primary N) is 1. The minimum absolute atomic E-state index is 0.598. The van der Waals surface area contributed by atoms with E-state index in [-0.39, 0.29) is 0 Å². The Bertz CT molecular complexity index is 351. The molecule has 1 heterocycles. The summed E-state index contributed by atoms with van der Waals surface area (Å²) in [5.41, 5.74) is 8.44. The fourth-order valence-electron chi connectivity index (χ4n) is 2.39. The number of aryl methyl sites for hydroxylation is 1. The zero-order chi connectivity index (χ0) is 10.8. The highest BCUT2D eigenvalue weighted by molar-refractivity contribution is 9.10. The molecule has 0 saturated heterocycles. The van der Waals surface area contributed by atoms with E-state index in [9.17, 15) is 0 Å². The smallest absolute Gasteiger partial charge is 0.0543 e. The molecular weight excluding hydrogens is 252 g/mol. The van der Waals surface area contributed by atoms with Crippen LogP contribution in [0.1, 0.15) is 18.4 Å². The molecule has 2 nitrogen and oxygen atoms in total. The molecule has 82 valence electrons. The molecular formula is C12H17BrN2. The Hall–Kier alpha value is -0.540. The fraction of sp³-hybridized carbons (Fsp3) is 0.500. The third-order valence-electron chi connectivity index (χ3n) is 3.22. The van der Waals surface area contributed by atoms with Crippen molar-refractivity contribution in [3.05, 3.63) is 28.2 Å². The lowest BCUT2D eigenvalue weighted by Gasteiger charge is -2.36. The molecule has 0 saturated carbocycles. The molecule has 0 amide bonds. The lowest BCUT2D eigenvalue weighted by molar-refractivity contribution is 0.526. The van der Waals surface area contributed by atoms with Crippen LogP contribution in [-0.4, -0.2) is 19.6 Å². The van der Waals surface area contributed by atoms with Gasteiger partial charge in [-0.3, -0.25) is 0 Å². The van der Waals surface area contributed by atoms with E-state index in [0.717, 1.165) is 13.0 Å². The van der Waals surface area contributed by atoms with Gasteiger partial charge in [-0.2, -0.15) is 0 Å². The van der Waals surface area contributed by atoms with Gasteiger partial charge in [-0.25, -0.2) is 0 Å². The first-order valence-electron chi connectivity index (χ1n) is 5.44. The number of rotatable bonds is 2. The Balaban J connectivity index is 2.32. The second-order valence-corrected chi connectivity index (χ2v) is 4.98. The third-order valence-corrected chi connectivity index (χ3v) is 3.86. The van der Waals surface area contributed by atoms with Gasteiger partial charge >= 0.3 is 0 Å². The zero-order valence-corrected chi connectivity index (χ0v) is 10.6. The summed E-state index contributed by atoms with van der Waals surface area (Å²) in [6.07, 6.45) is 3.47. The van der Waals surface area contributed by atoms with Crippen LogP contribution in [0.3, 0.4) is 0 Å². The Kier molecular flexibility index (Phi) is 3.32. The standard InChI is InChI=1S/C12H17BrN2/c1-15-10(7-8-14)6-5-9-3-2-4-11(13)12(9)15/h2-4,10H,5-8,14H2,1H3. The van der Waals surface area contributed by atoms with Gasteiger partial charge in [0.1, 0.15) is 0 Å². The Morgan fingerprint density at radius 1 is 1.53 bits per heavy atom. The molecule has 0 spiro atoms. The second kappa shape index (κ2) is 4.54. The van der Waals surface area contributed by atoms with Gasteiger partial charge in [0, 0.05) is 17.6 Å². The predicted molar refractivity (Wildman–Crippen MR) is 68.3 cm³/mol. The number of halogens is 1. The first-order chi connectivity index (χ1) is 7.24. The molecule has 15 heavy (non-hydrogen) atoms. The van der Waals surface area contributed by atoms with E-state index in [1.54, 1.807) is 0 Å². The maximum absolute atomic E-state index is 5.64. The average Bonchev–Trinajstić information content (AvgIpc) is 2.22. The lowest BCUT2D eigenvalue weighted by atomic mass is 9.94. The van der Waals surface area contributed by atoms with Crippen molar-refractivity contribution >= 4 is 21.6 Å². The molecule has 2 N–H and O–H groups in total. The van der Waals surface area contributed by atoms with Crippen molar-refractivity contribution in [2.45, 2.75) is 25.3 Å². The van der Waals surface area contributed by atoms with Crippen molar-refractivity contribution in [3.8, 4) is 0 Å². The molecule has 1 aromatic rings. The normalized spacial score (nSPS) is 20.2. The van der Waals surface area contributed by atoms with Crippen LogP contribution < -0.4 is 10.6 Å². The van der Waals surface area contributed by atoms with Crippen LogP contribution in [0, 0.1) is 0 Å². The van der Waals surface area contributed by atoms with Crippen LogP contribution in [-0.2, 0) is 6.42 Å². The SMILES string of the molecule is CN1c2c(Br)cccc2CCC1CCN. The van der Waals surface area contributed by atoms with Crippen molar-refractivity contribution in [1.29, 1.82) is 0 Å². The number of anilines is 1. The number of hydrogen-bond acceptors (Lipinski definition) is 2. The highest BCUT2D eigenvalue weighted by Gasteiger charge is 2.24. The maximum Gasteiger partial charge on any atom is 0.0543 e. The molecule has 0 aliphatic carbocycles. The van der Waals surface area contributed by atoms with E-state index in [1.165, 1.54) is 28.6 Å². The van der Waals surface area contributed by atoms with E-state index in [0.29, 0.717) is 6.04 Å². The highest BCUT2D eigenvalue weighted by atomic mass is 79.9. The van der Waals surface area contributed by atoms with Crippen molar-refractivity contribution in [2.75, 3.05) is 18.5 Å². The van der Waals surface area contributed by atoms with E-state index in [1.807, 2.05) is 0 Å². The van der Waals surface area contributed by atoms with Gasteiger partial charge in [0.25, 0.3) is 0 Å². The first kappa shape index (κ1) is 11.0. The highest BCUT2D eigenvalue weighted by Crippen LogP contribution is 2.36. The molecule has 0 aromatic heterocycles. The Morgan fingerprint density at radius 3 is 3.07 bits per heavy atom. The summed E-state index contributed by atoms with van der Waals surface area (Å²) in [6, 6.07) is 7.04. The van der Waals surface area contributed by atoms with Gasteiger partial charge in [-0.05, 0) is 53.4 Å². The third kappa shape index (κ3) is 2.04. The largest absolute Gasteiger partial charge is 0.370 e. The monoisotopic (exact) mass is 268 g/mol. The molecule has 3 heteroatoms. The molecule has 1 aliphatic heterocycles. The summed E-state index contributed by atoms with van der Waals surface area (Å²) in [4.78, 5) is 2.37. The average molecular weight is 269 g/mol. The van der Waals surface area contributed by atoms with E-state index in [4.69, 9.17) is 5.73 Å². The van der Waals surface area contributed by atoms with Crippen LogP contribution in [0.25, 0.3) is 0 Å². The summed E-state index contributed by atoms with van der Waals surface area (Å²) in [5.74, 6) is 0. The topological polar surface area (TPSA) is 29.3 Å². The van der Waals surface area contributed by atoms with E-state index >= 15 is 0 Å². The number of nitrogens with zero attached hydrogens (tertiary/aromatic N) is 1. The lowest BCUT2D eigenvalue weighted by Crippen LogP contribution is -2.37. The number of hydrogen-bond donors (Lipinski definition) is 1. The number of fused-ring (bicyclic) bond motifs is 1. The molecule has 1 aliphatic rings. The fourth-order valence-corrected chi connectivity index (χ4v) is 3.07. The van der Waals surface area contributed by atoms with Crippen LogP contribution in [0.4, 0.5) is 5.69 Å². The number of para-hydroxylation sites is 1. The summed E-state index contributed by atoms with van der Waals surface area (Å²) >= 11 is 3.63. The van der Waals surface area contributed by atoms with Crippen LogP contribution in [0.15, 0.2) is 22.7 Å². The Morgan fingerprint density at radius 2 is 2.33 bits per heavy atom. The summed E-state index contributed by atoms with van der Waals surface area (Å²) in [5, 5.41) is 0. The molecule has 0 radical (unpaired) electrons. The van der Waals surface area contributed by atoms with E-state index < -0.39 is 0 Å². The quantitative estimate of drug-likeness (QED) is 0.894. The van der Waals surface area contributed by atoms with Gasteiger partial charge in [-0.15, -0.1) is 0 Å². The number of benzene rings is 1. The summed E-state index contributed by atoms with van der Waals surface area (Å²) in [7, 11) is 2.17. The maximum atomic E-state index is 5.64. The molecule has 0 bridgehead atoms. The molecule has 1 unspecified atom stereocenters. The van der Waals surface area contributed by atoms with Gasteiger partial charge in [0.2, 0.25) is 0 Å². The van der Waals surface area contributed by atoms with Crippen molar-refractivity contribution in [2.24, 2.45) is 5.73 Å². The first-order valence-corrected chi connectivity index (χ1v) is 6.23. The minimum Gasteiger partial charge on any atom is -0.370 e. The summed E-state index contributed by atoms with van der Waals surface area (Å²) < 4.78 is 1.20. The van der Waals surface area contributed by atoms with Gasteiger partial charge in [0.05, 0.1) is 5.69 Å². The summed E-state index contributed by atoms with van der Waals surface area (Å²) in [6.45, 7) is 0.773.